The molecule has 5 nitrogen and oxygen atoms in total. The maximum Gasteiger partial charge on any atom is 0.288 e. The molecule has 1 N–H and O–H groups in total. The number of nitro benzene ring substituents is 1. The van der Waals surface area contributed by atoms with Crippen LogP contribution in [0.15, 0.2) is 18.2 Å². The van der Waals surface area contributed by atoms with Gasteiger partial charge in [-0.2, -0.15) is 0 Å². The molecule has 0 spiro atoms. The number of benzene rings is 1. The quantitative estimate of drug-likeness (QED) is 0.642. The van der Waals surface area contributed by atoms with E-state index in [-0.39, 0.29) is 23.3 Å². The lowest BCUT2D eigenvalue weighted by Gasteiger charge is -2.32. The minimum atomic E-state index is -2.29. The van der Waals surface area contributed by atoms with Crippen molar-refractivity contribution in [3.8, 4) is 0 Å². The summed E-state index contributed by atoms with van der Waals surface area (Å²) < 4.78 is 24.6. The molecule has 0 unspecified atom stereocenters. The molecule has 1 aromatic rings. The third kappa shape index (κ3) is 4.86. The van der Waals surface area contributed by atoms with Gasteiger partial charge in [0.2, 0.25) is 0 Å². The SMILES string of the molecule is O=[N+]([O-])c1cc(CNC2CCN(CC(F)F)CC2)ccc1Cl. The molecule has 2 rings (SSSR count). The van der Waals surface area contributed by atoms with Crippen molar-refractivity contribution in [2.75, 3.05) is 19.6 Å². The van der Waals surface area contributed by atoms with E-state index >= 15 is 0 Å². The second-order valence-electron chi connectivity index (χ2n) is 5.39. The zero-order chi connectivity index (χ0) is 16.1. The molecule has 0 radical (unpaired) electrons. The van der Waals surface area contributed by atoms with Gasteiger partial charge in [0.05, 0.1) is 11.5 Å². The Morgan fingerprint density at radius 1 is 1.41 bits per heavy atom. The maximum absolute atomic E-state index is 12.3. The summed E-state index contributed by atoms with van der Waals surface area (Å²) in [4.78, 5) is 12.1. The predicted molar refractivity (Wildman–Crippen MR) is 80.4 cm³/mol. The Morgan fingerprint density at radius 2 is 2.09 bits per heavy atom. The number of piperidine rings is 1. The van der Waals surface area contributed by atoms with Crippen molar-refractivity contribution >= 4 is 17.3 Å². The Hall–Kier alpha value is -1.31. The van der Waals surface area contributed by atoms with E-state index in [9.17, 15) is 18.9 Å². The van der Waals surface area contributed by atoms with Gasteiger partial charge in [0, 0.05) is 18.7 Å². The van der Waals surface area contributed by atoms with Crippen molar-refractivity contribution in [3.05, 3.63) is 38.9 Å². The normalized spacial score (nSPS) is 17.1. The average Bonchev–Trinajstić information content (AvgIpc) is 2.47. The summed E-state index contributed by atoms with van der Waals surface area (Å²) in [5, 5.41) is 14.3. The second-order valence-corrected chi connectivity index (χ2v) is 5.80. The molecular formula is C14H18ClF2N3O2. The highest BCUT2D eigenvalue weighted by molar-refractivity contribution is 6.32. The first-order valence-electron chi connectivity index (χ1n) is 7.12. The van der Waals surface area contributed by atoms with Crippen LogP contribution in [0, 0.1) is 10.1 Å². The molecule has 0 aromatic heterocycles. The number of alkyl halides is 2. The lowest BCUT2D eigenvalue weighted by molar-refractivity contribution is -0.384. The number of hydrogen-bond donors (Lipinski definition) is 1. The number of likely N-dealkylation sites (tertiary alicyclic amines) is 1. The topological polar surface area (TPSA) is 58.4 Å². The minimum Gasteiger partial charge on any atom is -0.310 e. The molecule has 122 valence electrons. The van der Waals surface area contributed by atoms with Crippen molar-refractivity contribution in [2.24, 2.45) is 0 Å². The Morgan fingerprint density at radius 3 is 2.68 bits per heavy atom. The van der Waals surface area contributed by atoms with E-state index in [2.05, 4.69) is 5.32 Å². The molecule has 1 fully saturated rings. The molecule has 0 atom stereocenters. The van der Waals surface area contributed by atoms with Crippen LogP contribution >= 0.6 is 11.6 Å². The lowest BCUT2D eigenvalue weighted by atomic mass is 10.0. The first-order chi connectivity index (χ1) is 10.5. The van der Waals surface area contributed by atoms with E-state index < -0.39 is 11.3 Å². The average molecular weight is 334 g/mol. The third-order valence-corrected chi connectivity index (χ3v) is 4.11. The van der Waals surface area contributed by atoms with Crippen LogP contribution in [0.1, 0.15) is 18.4 Å². The highest BCUT2D eigenvalue weighted by atomic mass is 35.5. The van der Waals surface area contributed by atoms with Gasteiger partial charge in [-0.25, -0.2) is 8.78 Å². The number of nitrogens with one attached hydrogen (secondary N) is 1. The molecule has 1 saturated heterocycles. The zero-order valence-electron chi connectivity index (χ0n) is 12.0. The summed E-state index contributed by atoms with van der Waals surface area (Å²) in [6, 6.07) is 4.96. The van der Waals surface area contributed by atoms with Gasteiger partial charge in [-0.15, -0.1) is 0 Å². The van der Waals surface area contributed by atoms with Crippen molar-refractivity contribution in [1.82, 2.24) is 10.2 Å². The van der Waals surface area contributed by atoms with Crippen LogP contribution in [0.4, 0.5) is 14.5 Å². The number of nitro groups is 1. The molecular weight excluding hydrogens is 316 g/mol. The molecule has 0 bridgehead atoms. The third-order valence-electron chi connectivity index (χ3n) is 3.79. The van der Waals surface area contributed by atoms with E-state index in [1.807, 2.05) is 0 Å². The van der Waals surface area contributed by atoms with E-state index in [1.54, 1.807) is 11.0 Å². The molecule has 8 heteroatoms. The van der Waals surface area contributed by atoms with E-state index in [0.717, 1.165) is 18.4 Å². The summed E-state index contributed by atoms with van der Waals surface area (Å²) >= 11 is 5.77. The standard InChI is InChI=1S/C14H18ClF2N3O2/c15-12-2-1-10(7-13(12)20(21)22)8-18-11-3-5-19(6-4-11)9-14(16)17/h1-2,7,11,14,18H,3-6,8-9H2. The van der Waals surface area contributed by atoms with Crippen molar-refractivity contribution in [1.29, 1.82) is 0 Å². The van der Waals surface area contributed by atoms with E-state index in [4.69, 9.17) is 11.6 Å². The van der Waals surface area contributed by atoms with Crippen LogP contribution in [-0.4, -0.2) is 41.9 Å². The summed E-state index contributed by atoms with van der Waals surface area (Å²) in [6.07, 6.45) is -0.704. The monoisotopic (exact) mass is 333 g/mol. The molecule has 0 aliphatic carbocycles. The molecule has 1 aliphatic heterocycles. The summed E-state index contributed by atoms with van der Waals surface area (Å²) in [5.74, 6) is 0. The van der Waals surface area contributed by atoms with Crippen molar-refractivity contribution in [3.63, 3.8) is 0 Å². The first-order valence-corrected chi connectivity index (χ1v) is 7.50. The first kappa shape index (κ1) is 17.1. The predicted octanol–water partition coefficient (Wildman–Crippen LogP) is 3.07. The minimum absolute atomic E-state index is 0.104. The van der Waals surface area contributed by atoms with Gasteiger partial charge in [0.25, 0.3) is 12.1 Å². The highest BCUT2D eigenvalue weighted by Gasteiger charge is 2.21. The fourth-order valence-electron chi connectivity index (χ4n) is 2.59. The number of rotatable bonds is 6. The summed E-state index contributed by atoms with van der Waals surface area (Å²) in [5.41, 5.74) is 0.679. The number of halogens is 3. The van der Waals surface area contributed by atoms with Gasteiger partial charge in [0.1, 0.15) is 5.02 Å². The van der Waals surface area contributed by atoms with Crippen molar-refractivity contribution < 1.29 is 13.7 Å². The molecule has 0 saturated carbocycles. The molecule has 22 heavy (non-hydrogen) atoms. The van der Waals surface area contributed by atoms with Gasteiger partial charge in [-0.1, -0.05) is 17.7 Å². The Kier molecular flexibility index (Phi) is 6.05. The van der Waals surface area contributed by atoms with Crippen LogP contribution in [0.5, 0.6) is 0 Å². The maximum atomic E-state index is 12.3. The molecule has 1 heterocycles. The van der Waals surface area contributed by atoms with Gasteiger partial charge >= 0.3 is 0 Å². The van der Waals surface area contributed by atoms with E-state index in [1.165, 1.54) is 12.1 Å². The van der Waals surface area contributed by atoms with Crippen LogP contribution in [0.3, 0.4) is 0 Å². The molecule has 1 aliphatic rings. The van der Waals surface area contributed by atoms with Gasteiger partial charge in [-0.05, 0) is 37.6 Å². The summed E-state index contributed by atoms with van der Waals surface area (Å²) in [6.45, 7) is 1.61. The van der Waals surface area contributed by atoms with Crippen LogP contribution < -0.4 is 5.32 Å². The lowest BCUT2D eigenvalue weighted by Crippen LogP contribution is -2.43. The number of hydrogen-bond acceptors (Lipinski definition) is 4. The zero-order valence-corrected chi connectivity index (χ0v) is 12.7. The number of nitrogens with zero attached hydrogens (tertiary/aromatic N) is 2. The van der Waals surface area contributed by atoms with Crippen LogP contribution in [-0.2, 0) is 6.54 Å². The fraction of sp³-hybridized carbons (Fsp3) is 0.571. The molecule has 0 amide bonds. The Balaban J connectivity index is 1.82. The molecule has 1 aromatic carbocycles. The highest BCUT2D eigenvalue weighted by Crippen LogP contribution is 2.25. The fourth-order valence-corrected chi connectivity index (χ4v) is 2.77. The van der Waals surface area contributed by atoms with Gasteiger partial charge in [-0.3, -0.25) is 15.0 Å². The smallest absolute Gasteiger partial charge is 0.288 e. The largest absolute Gasteiger partial charge is 0.310 e. The van der Waals surface area contributed by atoms with Crippen LogP contribution in [0.2, 0.25) is 5.02 Å². The van der Waals surface area contributed by atoms with E-state index in [0.29, 0.717) is 19.6 Å². The van der Waals surface area contributed by atoms with Gasteiger partial charge < -0.3 is 5.32 Å². The summed E-state index contributed by atoms with van der Waals surface area (Å²) in [7, 11) is 0. The van der Waals surface area contributed by atoms with Gasteiger partial charge in [0.15, 0.2) is 0 Å². The van der Waals surface area contributed by atoms with Crippen LogP contribution in [0.25, 0.3) is 0 Å². The Labute approximate surface area is 132 Å². The Bertz CT molecular complexity index is 523. The van der Waals surface area contributed by atoms with Crippen molar-refractivity contribution in [2.45, 2.75) is 31.9 Å². The second kappa shape index (κ2) is 7.80.